The Kier molecular flexibility index (Phi) is 5.01. The maximum atomic E-state index is 12.4. The molecule has 7 nitrogen and oxygen atoms in total. The summed E-state index contributed by atoms with van der Waals surface area (Å²) in [6.07, 6.45) is 2.78. The van der Waals surface area contributed by atoms with Crippen LogP contribution in [0, 0.1) is 0 Å². The van der Waals surface area contributed by atoms with E-state index in [1.54, 1.807) is 7.11 Å². The number of carbonyl (C=O) groups excluding carboxylic acids is 1. The molecule has 2 atom stereocenters. The molecule has 130 valence electrons. The molecule has 0 saturated heterocycles. The molecule has 3 rings (SSSR count). The van der Waals surface area contributed by atoms with Crippen molar-refractivity contribution < 1.29 is 9.53 Å². The maximum Gasteiger partial charge on any atom is 0.251 e. The number of amides is 1. The number of rotatable bonds is 6. The van der Waals surface area contributed by atoms with Gasteiger partial charge in [0.2, 0.25) is 5.95 Å². The van der Waals surface area contributed by atoms with Gasteiger partial charge in [-0.25, -0.2) is 4.98 Å². The van der Waals surface area contributed by atoms with Crippen molar-refractivity contribution in [2.45, 2.75) is 31.3 Å². The summed E-state index contributed by atoms with van der Waals surface area (Å²) in [5.41, 5.74) is 8.31. The van der Waals surface area contributed by atoms with E-state index in [1.807, 2.05) is 29.8 Å². The van der Waals surface area contributed by atoms with E-state index in [1.165, 1.54) is 0 Å². The Bertz CT molecular complexity index is 727. The molecule has 1 aliphatic rings. The number of anilines is 1. The molecule has 0 bridgehead atoms. The number of methoxy groups -OCH3 is 1. The van der Waals surface area contributed by atoms with E-state index in [2.05, 4.69) is 15.6 Å². The van der Waals surface area contributed by atoms with Crippen LogP contribution in [0.5, 0.6) is 0 Å². The molecule has 4 N–H and O–H groups in total. The van der Waals surface area contributed by atoms with Crippen LogP contribution in [0.1, 0.15) is 29.6 Å². The van der Waals surface area contributed by atoms with E-state index in [9.17, 15) is 4.79 Å². The van der Waals surface area contributed by atoms with Gasteiger partial charge in [0.25, 0.3) is 5.91 Å². The smallest absolute Gasteiger partial charge is 0.251 e. The van der Waals surface area contributed by atoms with E-state index < -0.39 is 0 Å². The van der Waals surface area contributed by atoms with E-state index >= 15 is 0 Å². The van der Waals surface area contributed by atoms with Crippen molar-refractivity contribution in [3.05, 3.63) is 23.8 Å². The molecule has 0 unspecified atom stereocenters. The third kappa shape index (κ3) is 3.52. The van der Waals surface area contributed by atoms with Crippen LogP contribution in [0.25, 0.3) is 11.0 Å². The first-order valence-corrected chi connectivity index (χ1v) is 8.34. The van der Waals surface area contributed by atoms with Crippen LogP contribution < -0.4 is 16.4 Å². The lowest BCUT2D eigenvalue weighted by atomic mass is 10.1. The molecule has 1 amide bonds. The van der Waals surface area contributed by atoms with Crippen LogP contribution in [0.4, 0.5) is 5.95 Å². The topological polar surface area (TPSA) is 94.2 Å². The number of nitrogens with two attached hydrogens (primary N) is 1. The predicted octanol–water partition coefficient (Wildman–Crippen LogP) is 1.24. The SMILES string of the molecule is COCCNc1nc2cc(C(=O)N[C@@H]3CC[C@@H](N)C3)ccc2n1C. The van der Waals surface area contributed by atoms with Crippen LogP contribution in [0.15, 0.2) is 18.2 Å². The van der Waals surface area contributed by atoms with E-state index in [-0.39, 0.29) is 18.0 Å². The van der Waals surface area contributed by atoms with Crippen LogP contribution in [-0.4, -0.2) is 47.8 Å². The molecule has 0 spiro atoms. The minimum atomic E-state index is -0.0597. The number of hydrogen-bond donors (Lipinski definition) is 3. The zero-order valence-corrected chi connectivity index (χ0v) is 14.2. The molecule has 0 radical (unpaired) electrons. The number of nitrogens with one attached hydrogen (secondary N) is 2. The zero-order valence-electron chi connectivity index (χ0n) is 14.2. The number of nitrogens with zero attached hydrogens (tertiary/aromatic N) is 2. The van der Waals surface area contributed by atoms with Crippen molar-refractivity contribution in [1.82, 2.24) is 14.9 Å². The largest absolute Gasteiger partial charge is 0.383 e. The van der Waals surface area contributed by atoms with Gasteiger partial charge in [0.05, 0.1) is 17.6 Å². The van der Waals surface area contributed by atoms with Gasteiger partial charge in [-0.05, 0) is 37.5 Å². The molecule has 7 heteroatoms. The second kappa shape index (κ2) is 7.19. The first-order valence-electron chi connectivity index (χ1n) is 8.34. The predicted molar refractivity (Wildman–Crippen MR) is 94.2 cm³/mol. The molecule has 24 heavy (non-hydrogen) atoms. The average molecular weight is 331 g/mol. The van der Waals surface area contributed by atoms with Crippen LogP contribution in [0.3, 0.4) is 0 Å². The fourth-order valence-electron chi connectivity index (χ4n) is 3.18. The van der Waals surface area contributed by atoms with Crippen molar-refractivity contribution in [3.63, 3.8) is 0 Å². The van der Waals surface area contributed by atoms with Crippen molar-refractivity contribution in [2.24, 2.45) is 12.8 Å². The first-order chi connectivity index (χ1) is 11.6. The Hall–Kier alpha value is -2.12. The van der Waals surface area contributed by atoms with Crippen molar-refractivity contribution >= 4 is 22.9 Å². The number of aryl methyl sites for hydroxylation is 1. The number of ether oxygens (including phenoxy) is 1. The summed E-state index contributed by atoms with van der Waals surface area (Å²) in [4.78, 5) is 17.0. The maximum absolute atomic E-state index is 12.4. The highest BCUT2D eigenvalue weighted by atomic mass is 16.5. The quantitative estimate of drug-likeness (QED) is 0.693. The minimum absolute atomic E-state index is 0.0597. The molecule has 0 aliphatic heterocycles. The number of carbonyl (C=O) groups is 1. The van der Waals surface area contributed by atoms with E-state index in [4.69, 9.17) is 10.5 Å². The number of benzene rings is 1. The summed E-state index contributed by atoms with van der Waals surface area (Å²) < 4.78 is 7.01. The van der Waals surface area contributed by atoms with Gasteiger partial charge in [-0.1, -0.05) is 0 Å². The van der Waals surface area contributed by atoms with Gasteiger partial charge >= 0.3 is 0 Å². The number of imidazole rings is 1. The Labute approximate surface area is 141 Å². The van der Waals surface area contributed by atoms with E-state index in [0.29, 0.717) is 18.7 Å². The van der Waals surface area contributed by atoms with E-state index in [0.717, 1.165) is 36.2 Å². The summed E-state index contributed by atoms with van der Waals surface area (Å²) in [5, 5.41) is 6.30. The summed E-state index contributed by atoms with van der Waals surface area (Å²) in [6, 6.07) is 5.99. The number of aromatic nitrogens is 2. The van der Waals surface area contributed by atoms with Crippen LogP contribution >= 0.6 is 0 Å². The Morgan fingerprint density at radius 2 is 2.29 bits per heavy atom. The Balaban J connectivity index is 1.74. The minimum Gasteiger partial charge on any atom is -0.383 e. The monoisotopic (exact) mass is 331 g/mol. The third-order valence-corrected chi connectivity index (χ3v) is 4.54. The van der Waals surface area contributed by atoms with Gasteiger partial charge in [0.1, 0.15) is 0 Å². The number of fused-ring (bicyclic) bond motifs is 1. The number of hydrogen-bond acceptors (Lipinski definition) is 5. The van der Waals surface area contributed by atoms with Gasteiger partial charge in [-0.15, -0.1) is 0 Å². The Morgan fingerprint density at radius 3 is 3.00 bits per heavy atom. The highest BCUT2D eigenvalue weighted by Gasteiger charge is 2.23. The first kappa shape index (κ1) is 16.7. The third-order valence-electron chi connectivity index (χ3n) is 4.54. The molecule has 2 aromatic rings. The standard InChI is InChI=1S/C17H25N5O2/c1-22-15-6-3-11(16(23)20-13-5-4-12(18)10-13)9-14(15)21-17(22)19-7-8-24-2/h3,6,9,12-13H,4-5,7-8,10,18H2,1-2H3,(H,19,21)(H,20,23)/t12-,13-/m1/s1. The molecule has 1 aromatic carbocycles. The van der Waals surface area contributed by atoms with Crippen LogP contribution in [0.2, 0.25) is 0 Å². The second-order valence-electron chi connectivity index (χ2n) is 6.36. The van der Waals surface area contributed by atoms with Crippen molar-refractivity contribution in [3.8, 4) is 0 Å². The fraction of sp³-hybridized carbons (Fsp3) is 0.529. The van der Waals surface area contributed by atoms with Gasteiger partial charge in [0, 0.05) is 38.3 Å². The lowest BCUT2D eigenvalue weighted by Crippen LogP contribution is -2.34. The molecule has 1 aromatic heterocycles. The van der Waals surface area contributed by atoms with Crippen molar-refractivity contribution in [2.75, 3.05) is 25.6 Å². The Morgan fingerprint density at radius 1 is 1.46 bits per heavy atom. The highest BCUT2D eigenvalue weighted by molar-refractivity contribution is 5.97. The lowest BCUT2D eigenvalue weighted by Gasteiger charge is -2.12. The molecular weight excluding hydrogens is 306 g/mol. The molecule has 1 fully saturated rings. The molecule has 1 aliphatic carbocycles. The summed E-state index contributed by atoms with van der Waals surface area (Å²) in [7, 11) is 3.61. The normalized spacial score (nSPS) is 20.5. The average Bonchev–Trinajstić information content (AvgIpc) is 3.11. The van der Waals surface area contributed by atoms with Crippen molar-refractivity contribution in [1.29, 1.82) is 0 Å². The summed E-state index contributed by atoms with van der Waals surface area (Å²) in [6.45, 7) is 1.29. The fourth-order valence-corrected chi connectivity index (χ4v) is 3.18. The second-order valence-corrected chi connectivity index (χ2v) is 6.36. The summed E-state index contributed by atoms with van der Waals surface area (Å²) >= 11 is 0. The summed E-state index contributed by atoms with van der Waals surface area (Å²) in [5.74, 6) is 0.705. The van der Waals surface area contributed by atoms with Crippen LogP contribution in [-0.2, 0) is 11.8 Å². The van der Waals surface area contributed by atoms with Gasteiger partial charge in [-0.3, -0.25) is 4.79 Å². The van der Waals surface area contributed by atoms with Gasteiger partial charge < -0.3 is 25.7 Å². The zero-order chi connectivity index (χ0) is 17.1. The van der Waals surface area contributed by atoms with Gasteiger partial charge in [0.15, 0.2) is 0 Å². The highest BCUT2D eigenvalue weighted by Crippen LogP contribution is 2.21. The molecular formula is C17H25N5O2. The molecule has 1 saturated carbocycles. The molecule has 1 heterocycles. The van der Waals surface area contributed by atoms with Gasteiger partial charge in [-0.2, -0.15) is 0 Å². The lowest BCUT2D eigenvalue weighted by molar-refractivity contribution is 0.0938.